The first kappa shape index (κ1) is 20.2. The fourth-order valence-electron chi connectivity index (χ4n) is 6.40. The number of benzene rings is 6. The van der Waals surface area contributed by atoms with Crippen LogP contribution in [0.2, 0.25) is 0 Å². The van der Waals surface area contributed by atoms with Gasteiger partial charge in [-0.05, 0) is 67.8 Å². The molecule has 1 aliphatic carbocycles. The van der Waals surface area contributed by atoms with Crippen molar-refractivity contribution in [3.05, 3.63) is 156 Å². The zero-order valence-electron chi connectivity index (χ0n) is 19.6. The van der Waals surface area contributed by atoms with Gasteiger partial charge in [0.05, 0.1) is 0 Å². The molecule has 0 nitrogen and oxygen atoms in total. The zero-order chi connectivity index (χ0) is 23.2. The van der Waals surface area contributed by atoms with Crippen LogP contribution in [-0.2, 0) is 18.3 Å². The molecule has 166 valence electrons. The van der Waals surface area contributed by atoms with Gasteiger partial charge in [0.2, 0.25) is 0 Å². The van der Waals surface area contributed by atoms with Crippen molar-refractivity contribution in [1.82, 2.24) is 0 Å². The summed E-state index contributed by atoms with van der Waals surface area (Å²) in [6.07, 6.45) is 1.93. The molecule has 0 N–H and O–H groups in total. The topological polar surface area (TPSA) is 0 Å². The van der Waals surface area contributed by atoms with Gasteiger partial charge in [0.15, 0.2) is 0 Å². The SMILES string of the molecule is c1ccc2c(c1)-c1ccccc1C2(Cc1cccc2ccccc12)Cc1cccc2ccccc12. The molecule has 0 amide bonds. The summed E-state index contributed by atoms with van der Waals surface area (Å²) in [5.41, 5.74) is 8.34. The van der Waals surface area contributed by atoms with Crippen molar-refractivity contribution in [2.75, 3.05) is 0 Å². The third-order valence-corrected chi connectivity index (χ3v) is 7.92. The van der Waals surface area contributed by atoms with Crippen molar-refractivity contribution >= 4 is 21.5 Å². The van der Waals surface area contributed by atoms with Crippen LogP contribution in [-0.4, -0.2) is 0 Å². The molecule has 6 aromatic rings. The molecule has 35 heavy (non-hydrogen) atoms. The van der Waals surface area contributed by atoms with Crippen LogP contribution in [0.1, 0.15) is 22.3 Å². The van der Waals surface area contributed by atoms with Gasteiger partial charge in [-0.2, -0.15) is 0 Å². The van der Waals surface area contributed by atoms with E-state index in [1.807, 2.05) is 0 Å². The molecule has 1 aliphatic rings. The van der Waals surface area contributed by atoms with Gasteiger partial charge in [0, 0.05) is 5.41 Å². The summed E-state index contributed by atoms with van der Waals surface area (Å²) in [6.45, 7) is 0. The van der Waals surface area contributed by atoms with Crippen LogP contribution in [0.25, 0.3) is 32.7 Å². The van der Waals surface area contributed by atoms with E-state index in [-0.39, 0.29) is 5.41 Å². The smallest absolute Gasteiger partial charge is 0.0296 e. The summed E-state index contributed by atoms with van der Waals surface area (Å²) in [6, 6.07) is 49.3. The highest BCUT2D eigenvalue weighted by atomic mass is 14.5. The Bertz CT molecular complexity index is 1570. The lowest BCUT2D eigenvalue weighted by molar-refractivity contribution is 0.523. The van der Waals surface area contributed by atoms with E-state index < -0.39 is 0 Å². The van der Waals surface area contributed by atoms with E-state index in [0.717, 1.165) is 12.8 Å². The molecule has 0 saturated heterocycles. The van der Waals surface area contributed by atoms with Crippen LogP contribution < -0.4 is 0 Å². The van der Waals surface area contributed by atoms with E-state index in [9.17, 15) is 0 Å². The Hall–Kier alpha value is -4.16. The Balaban J connectivity index is 1.51. The standard InChI is InChI=1S/C35H26/c1-3-17-29-25(11-1)13-9-15-27(29)23-35(24-28-16-10-14-26-12-2-4-18-30(26)28)33-21-7-5-19-31(33)32-20-6-8-22-34(32)35/h1-22H,23-24H2. The summed E-state index contributed by atoms with van der Waals surface area (Å²) >= 11 is 0. The number of rotatable bonds is 4. The Kier molecular flexibility index (Phi) is 4.60. The van der Waals surface area contributed by atoms with Gasteiger partial charge in [-0.1, -0.05) is 133 Å². The molecule has 0 saturated carbocycles. The Morgan fingerprint density at radius 3 is 1.29 bits per heavy atom. The van der Waals surface area contributed by atoms with Crippen LogP contribution in [0.4, 0.5) is 0 Å². The van der Waals surface area contributed by atoms with Gasteiger partial charge in [-0.25, -0.2) is 0 Å². The third kappa shape index (κ3) is 3.14. The molecule has 0 heteroatoms. The predicted molar refractivity (Wildman–Crippen MR) is 148 cm³/mol. The minimum Gasteiger partial charge on any atom is -0.0619 e. The minimum absolute atomic E-state index is 0.137. The summed E-state index contributed by atoms with van der Waals surface area (Å²) < 4.78 is 0. The largest absolute Gasteiger partial charge is 0.0619 e. The molecule has 0 atom stereocenters. The normalized spacial score (nSPS) is 13.6. The Morgan fingerprint density at radius 1 is 0.371 bits per heavy atom. The molecule has 0 heterocycles. The van der Waals surface area contributed by atoms with Gasteiger partial charge in [-0.15, -0.1) is 0 Å². The predicted octanol–water partition coefficient (Wildman–Crippen LogP) is 8.74. The van der Waals surface area contributed by atoms with E-state index in [0.29, 0.717) is 0 Å². The van der Waals surface area contributed by atoms with E-state index in [2.05, 4.69) is 133 Å². The summed E-state index contributed by atoms with van der Waals surface area (Å²) in [5, 5.41) is 5.33. The lowest BCUT2D eigenvalue weighted by atomic mass is 9.69. The average molecular weight is 447 g/mol. The molecule has 0 bridgehead atoms. The number of hydrogen-bond acceptors (Lipinski definition) is 0. The first-order chi connectivity index (χ1) is 17.3. The summed E-state index contributed by atoms with van der Waals surface area (Å²) in [5.74, 6) is 0. The molecule has 0 unspecified atom stereocenters. The monoisotopic (exact) mass is 446 g/mol. The highest BCUT2D eigenvalue weighted by molar-refractivity contribution is 5.89. The molecule has 0 fully saturated rings. The summed E-state index contributed by atoms with van der Waals surface area (Å²) in [7, 11) is 0. The first-order valence-corrected chi connectivity index (χ1v) is 12.5. The number of fused-ring (bicyclic) bond motifs is 5. The maximum Gasteiger partial charge on any atom is 0.0296 e. The maximum atomic E-state index is 2.37. The van der Waals surface area contributed by atoms with Gasteiger partial charge in [0.25, 0.3) is 0 Å². The van der Waals surface area contributed by atoms with Crippen molar-refractivity contribution < 1.29 is 0 Å². The lowest BCUT2D eigenvalue weighted by Gasteiger charge is -2.34. The Labute approximate surface area is 206 Å². The van der Waals surface area contributed by atoms with Crippen LogP contribution >= 0.6 is 0 Å². The number of hydrogen-bond donors (Lipinski definition) is 0. The molecule has 0 aliphatic heterocycles. The molecular formula is C35H26. The fourth-order valence-corrected chi connectivity index (χ4v) is 6.40. The van der Waals surface area contributed by atoms with Crippen molar-refractivity contribution in [3.63, 3.8) is 0 Å². The summed E-state index contributed by atoms with van der Waals surface area (Å²) in [4.78, 5) is 0. The first-order valence-electron chi connectivity index (χ1n) is 12.5. The van der Waals surface area contributed by atoms with Crippen molar-refractivity contribution in [2.24, 2.45) is 0 Å². The third-order valence-electron chi connectivity index (χ3n) is 7.92. The second kappa shape index (κ2) is 7.96. The molecular weight excluding hydrogens is 420 g/mol. The molecule has 0 radical (unpaired) electrons. The van der Waals surface area contributed by atoms with E-state index in [4.69, 9.17) is 0 Å². The quantitative estimate of drug-likeness (QED) is 0.254. The fraction of sp³-hybridized carbons (Fsp3) is 0.0857. The van der Waals surface area contributed by atoms with Crippen LogP contribution in [0.15, 0.2) is 133 Å². The van der Waals surface area contributed by atoms with Crippen LogP contribution in [0.5, 0.6) is 0 Å². The van der Waals surface area contributed by atoms with Crippen molar-refractivity contribution in [2.45, 2.75) is 18.3 Å². The van der Waals surface area contributed by atoms with E-state index in [1.165, 1.54) is 54.9 Å². The van der Waals surface area contributed by atoms with E-state index >= 15 is 0 Å². The van der Waals surface area contributed by atoms with Crippen LogP contribution in [0, 0.1) is 0 Å². The van der Waals surface area contributed by atoms with Crippen molar-refractivity contribution in [3.8, 4) is 11.1 Å². The molecule has 6 aromatic carbocycles. The second-order valence-electron chi connectivity index (χ2n) is 9.80. The second-order valence-corrected chi connectivity index (χ2v) is 9.80. The highest BCUT2D eigenvalue weighted by Crippen LogP contribution is 2.53. The molecule has 0 aromatic heterocycles. The highest BCUT2D eigenvalue weighted by Gasteiger charge is 2.43. The van der Waals surface area contributed by atoms with Gasteiger partial charge in [0.1, 0.15) is 0 Å². The molecule has 7 rings (SSSR count). The minimum atomic E-state index is -0.137. The zero-order valence-corrected chi connectivity index (χ0v) is 19.6. The maximum absolute atomic E-state index is 2.37. The average Bonchev–Trinajstić information content (AvgIpc) is 3.19. The molecule has 0 spiro atoms. The van der Waals surface area contributed by atoms with Crippen molar-refractivity contribution in [1.29, 1.82) is 0 Å². The van der Waals surface area contributed by atoms with Gasteiger partial charge < -0.3 is 0 Å². The van der Waals surface area contributed by atoms with Gasteiger partial charge in [-0.3, -0.25) is 0 Å². The lowest BCUT2D eigenvalue weighted by Crippen LogP contribution is -2.31. The van der Waals surface area contributed by atoms with Gasteiger partial charge >= 0.3 is 0 Å². The van der Waals surface area contributed by atoms with Crippen LogP contribution in [0.3, 0.4) is 0 Å². The Morgan fingerprint density at radius 2 is 0.771 bits per heavy atom. The van der Waals surface area contributed by atoms with E-state index in [1.54, 1.807) is 0 Å².